The quantitative estimate of drug-likeness (QED) is 0.722. The highest BCUT2D eigenvalue weighted by molar-refractivity contribution is 5.96. The first-order valence-corrected chi connectivity index (χ1v) is 7.74. The van der Waals surface area contributed by atoms with Gasteiger partial charge in [0, 0.05) is 5.92 Å². The van der Waals surface area contributed by atoms with Crippen molar-refractivity contribution >= 4 is 11.8 Å². The van der Waals surface area contributed by atoms with Crippen molar-refractivity contribution in [1.29, 1.82) is 0 Å². The second-order valence-electron chi connectivity index (χ2n) is 6.09. The third-order valence-electron chi connectivity index (χ3n) is 4.11. The lowest BCUT2D eigenvalue weighted by atomic mass is 10.2. The SMILES string of the molecule is C[C@H]1C[C@H]1C(=O)NNC(=O)c1nn(-c2ccccc2C(F)(F)F)cc1O. The number of hydrogen-bond acceptors (Lipinski definition) is 4. The zero-order chi connectivity index (χ0) is 19.1. The van der Waals surface area contributed by atoms with Crippen LogP contribution in [-0.4, -0.2) is 26.7 Å². The van der Waals surface area contributed by atoms with E-state index in [9.17, 15) is 27.9 Å². The number of aromatic hydroxyl groups is 1. The van der Waals surface area contributed by atoms with Crippen LogP contribution in [0.4, 0.5) is 13.2 Å². The van der Waals surface area contributed by atoms with E-state index < -0.39 is 29.1 Å². The van der Waals surface area contributed by atoms with Gasteiger partial charge in [-0.25, -0.2) is 4.68 Å². The Morgan fingerprint density at radius 1 is 1.27 bits per heavy atom. The fraction of sp³-hybridized carbons (Fsp3) is 0.312. The Hall–Kier alpha value is -3.04. The molecule has 7 nitrogen and oxygen atoms in total. The van der Waals surface area contributed by atoms with Crippen molar-refractivity contribution in [2.45, 2.75) is 19.5 Å². The smallest absolute Gasteiger partial charge is 0.418 e. The number of aromatic nitrogens is 2. The van der Waals surface area contributed by atoms with Crippen LogP contribution in [0.25, 0.3) is 5.69 Å². The van der Waals surface area contributed by atoms with Crippen LogP contribution in [0, 0.1) is 11.8 Å². The Kier molecular flexibility index (Phi) is 4.34. The maximum atomic E-state index is 13.1. The molecule has 2 atom stereocenters. The van der Waals surface area contributed by atoms with Crippen LogP contribution >= 0.6 is 0 Å². The first-order chi connectivity index (χ1) is 12.2. The third-order valence-corrected chi connectivity index (χ3v) is 4.11. The average Bonchev–Trinajstić information content (AvgIpc) is 3.19. The van der Waals surface area contributed by atoms with Gasteiger partial charge in [-0.15, -0.1) is 0 Å². The lowest BCUT2D eigenvalue weighted by molar-refractivity contribution is -0.137. The van der Waals surface area contributed by atoms with E-state index in [-0.39, 0.29) is 23.4 Å². The molecule has 0 bridgehead atoms. The zero-order valence-corrected chi connectivity index (χ0v) is 13.5. The molecular formula is C16H15F3N4O3. The van der Waals surface area contributed by atoms with Gasteiger partial charge in [0.15, 0.2) is 11.4 Å². The van der Waals surface area contributed by atoms with Crippen LogP contribution in [0.5, 0.6) is 5.75 Å². The van der Waals surface area contributed by atoms with Crippen LogP contribution in [0.15, 0.2) is 30.5 Å². The number of carbonyl (C=O) groups excluding carboxylic acids is 2. The number of rotatable bonds is 3. The molecule has 1 aliphatic rings. The summed E-state index contributed by atoms with van der Waals surface area (Å²) in [5.41, 5.74) is 2.48. The van der Waals surface area contributed by atoms with E-state index in [1.165, 1.54) is 12.1 Å². The third kappa shape index (κ3) is 3.48. The minimum atomic E-state index is -4.63. The number of para-hydroxylation sites is 1. The molecule has 1 fully saturated rings. The van der Waals surface area contributed by atoms with Gasteiger partial charge in [-0.3, -0.25) is 20.4 Å². The molecule has 3 rings (SSSR count). The van der Waals surface area contributed by atoms with E-state index in [0.717, 1.165) is 29.4 Å². The largest absolute Gasteiger partial charge is 0.504 e. The highest BCUT2D eigenvalue weighted by Gasteiger charge is 2.39. The van der Waals surface area contributed by atoms with Crippen molar-refractivity contribution in [3.8, 4) is 11.4 Å². The summed E-state index contributed by atoms with van der Waals surface area (Å²) < 4.78 is 40.0. The number of hydrogen-bond donors (Lipinski definition) is 3. The molecule has 1 heterocycles. The Morgan fingerprint density at radius 2 is 1.92 bits per heavy atom. The average molecular weight is 368 g/mol. The van der Waals surface area contributed by atoms with Crippen LogP contribution in [0.1, 0.15) is 29.4 Å². The number of benzene rings is 1. The van der Waals surface area contributed by atoms with Crippen molar-refractivity contribution in [3.63, 3.8) is 0 Å². The maximum absolute atomic E-state index is 13.1. The molecule has 10 heteroatoms. The van der Waals surface area contributed by atoms with Gasteiger partial charge in [-0.05, 0) is 24.5 Å². The standard InChI is InChI=1S/C16H15F3N4O3/c1-8-6-9(8)14(25)20-21-15(26)13-12(24)7-23(22-13)11-5-3-2-4-10(11)16(17,18)19/h2-5,7-9,24H,6H2,1H3,(H,20,25)(H,21,26)/t8-,9+/m0/s1. The highest BCUT2D eigenvalue weighted by atomic mass is 19.4. The number of amides is 2. The molecule has 3 N–H and O–H groups in total. The normalized spacial score (nSPS) is 19.1. The van der Waals surface area contributed by atoms with Gasteiger partial charge in [-0.2, -0.15) is 18.3 Å². The minimum absolute atomic E-state index is 0.180. The summed E-state index contributed by atoms with van der Waals surface area (Å²) in [4.78, 5) is 23.7. The Morgan fingerprint density at radius 3 is 2.54 bits per heavy atom. The molecular weight excluding hydrogens is 353 g/mol. The number of hydrazine groups is 1. The minimum Gasteiger partial charge on any atom is -0.504 e. The predicted molar refractivity (Wildman–Crippen MR) is 83.1 cm³/mol. The molecule has 0 aliphatic heterocycles. The lowest BCUT2D eigenvalue weighted by Crippen LogP contribution is -2.42. The lowest BCUT2D eigenvalue weighted by Gasteiger charge is -2.12. The summed E-state index contributed by atoms with van der Waals surface area (Å²) in [5, 5.41) is 13.6. The van der Waals surface area contributed by atoms with E-state index in [4.69, 9.17) is 0 Å². The monoisotopic (exact) mass is 368 g/mol. The van der Waals surface area contributed by atoms with Gasteiger partial charge < -0.3 is 5.11 Å². The molecule has 1 saturated carbocycles. The molecule has 1 aromatic carbocycles. The first-order valence-electron chi connectivity index (χ1n) is 7.74. The molecule has 2 amide bonds. The number of carbonyl (C=O) groups is 2. The Bertz CT molecular complexity index is 863. The second kappa shape index (κ2) is 6.36. The topological polar surface area (TPSA) is 96.3 Å². The molecule has 0 radical (unpaired) electrons. The van der Waals surface area contributed by atoms with Crippen LogP contribution < -0.4 is 10.9 Å². The van der Waals surface area contributed by atoms with Gasteiger partial charge in [0.05, 0.1) is 17.4 Å². The van der Waals surface area contributed by atoms with Gasteiger partial charge in [0.1, 0.15) is 0 Å². The Labute approximate surface area is 145 Å². The molecule has 138 valence electrons. The van der Waals surface area contributed by atoms with Gasteiger partial charge in [0.25, 0.3) is 5.91 Å². The molecule has 1 aromatic heterocycles. The van der Waals surface area contributed by atoms with Gasteiger partial charge in [0.2, 0.25) is 5.91 Å². The van der Waals surface area contributed by atoms with Crippen LogP contribution in [-0.2, 0) is 11.0 Å². The summed E-state index contributed by atoms with van der Waals surface area (Å²) in [5.74, 6) is -1.87. The molecule has 0 saturated heterocycles. The first kappa shape index (κ1) is 17.8. The number of nitrogens with zero attached hydrogens (tertiary/aromatic N) is 2. The van der Waals surface area contributed by atoms with E-state index in [2.05, 4.69) is 16.0 Å². The van der Waals surface area contributed by atoms with E-state index >= 15 is 0 Å². The molecule has 0 spiro atoms. The summed E-state index contributed by atoms with van der Waals surface area (Å²) in [7, 11) is 0. The fourth-order valence-electron chi connectivity index (χ4n) is 2.52. The second-order valence-corrected chi connectivity index (χ2v) is 6.09. The highest BCUT2D eigenvalue weighted by Crippen LogP contribution is 2.37. The molecule has 0 unspecified atom stereocenters. The van der Waals surface area contributed by atoms with Crippen molar-refractivity contribution < 1.29 is 27.9 Å². The fourth-order valence-corrected chi connectivity index (χ4v) is 2.52. The molecule has 1 aliphatic carbocycles. The van der Waals surface area contributed by atoms with E-state index in [1.54, 1.807) is 0 Å². The predicted octanol–water partition coefficient (Wildman–Crippen LogP) is 2.01. The van der Waals surface area contributed by atoms with Crippen molar-refractivity contribution in [1.82, 2.24) is 20.6 Å². The number of alkyl halides is 3. The number of nitrogens with one attached hydrogen (secondary N) is 2. The summed E-state index contributed by atoms with van der Waals surface area (Å²) in [6.45, 7) is 1.89. The Balaban J connectivity index is 1.79. The number of halogens is 3. The van der Waals surface area contributed by atoms with Crippen molar-refractivity contribution in [2.75, 3.05) is 0 Å². The summed E-state index contributed by atoms with van der Waals surface area (Å²) in [6.07, 6.45) is -3.02. The van der Waals surface area contributed by atoms with E-state index in [1.807, 2.05) is 6.92 Å². The molecule has 26 heavy (non-hydrogen) atoms. The van der Waals surface area contributed by atoms with Gasteiger partial charge >= 0.3 is 6.18 Å². The van der Waals surface area contributed by atoms with Crippen molar-refractivity contribution in [2.24, 2.45) is 11.8 Å². The molecule has 2 aromatic rings. The maximum Gasteiger partial charge on any atom is 0.418 e. The van der Waals surface area contributed by atoms with Crippen LogP contribution in [0.2, 0.25) is 0 Å². The van der Waals surface area contributed by atoms with Crippen LogP contribution in [0.3, 0.4) is 0 Å². The zero-order valence-electron chi connectivity index (χ0n) is 13.5. The van der Waals surface area contributed by atoms with Gasteiger partial charge in [-0.1, -0.05) is 19.1 Å². The van der Waals surface area contributed by atoms with E-state index in [0.29, 0.717) is 0 Å². The van der Waals surface area contributed by atoms with Crippen molar-refractivity contribution in [3.05, 3.63) is 41.7 Å². The summed E-state index contributed by atoms with van der Waals surface area (Å²) in [6, 6.07) is 4.62. The summed E-state index contributed by atoms with van der Waals surface area (Å²) >= 11 is 0.